The number of nitrogens with one attached hydrogen (secondary N) is 2. The fraction of sp³-hybridized carbons (Fsp3) is 0.200. The minimum absolute atomic E-state index is 0.0253. The van der Waals surface area contributed by atoms with E-state index in [-0.39, 0.29) is 11.3 Å². The number of fused-ring (bicyclic) bond motifs is 1. The molecule has 0 saturated heterocycles. The second-order valence-electron chi connectivity index (χ2n) is 6.07. The maximum atomic E-state index is 12.8. The van der Waals surface area contributed by atoms with E-state index >= 15 is 0 Å². The molecule has 1 heterocycles. The maximum absolute atomic E-state index is 12.8. The molecule has 0 aliphatic rings. The number of carbonyl (C=O) groups excluding carboxylic acids is 1. The summed E-state index contributed by atoms with van der Waals surface area (Å²) in [7, 11) is 0. The van der Waals surface area contributed by atoms with Crippen molar-refractivity contribution >= 4 is 22.6 Å². The van der Waals surface area contributed by atoms with E-state index in [9.17, 15) is 18.0 Å². The monoisotopic (exact) mass is 390 g/mol. The van der Waals surface area contributed by atoms with Gasteiger partial charge in [0.15, 0.2) is 0 Å². The Labute approximate surface area is 158 Å². The minimum Gasteiger partial charge on any atom is -0.493 e. The second-order valence-corrected chi connectivity index (χ2v) is 6.07. The molecular formula is C20H17F3N2O3. The summed E-state index contributed by atoms with van der Waals surface area (Å²) in [5.41, 5.74) is -1.02. The fourth-order valence-electron chi connectivity index (χ4n) is 2.56. The summed E-state index contributed by atoms with van der Waals surface area (Å²) in [6.45, 7) is 2.51. The number of anilines is 1. The van der Waals surface area contributed by atoms with E-state index in [2.05, 4.69) is 5.32 Å². The van der Waals surface area contributed by atoms with Gasteiger partial charge < -0.3 is 14.5 Å². The van der Waals surface area contributed by atoms with Crippen molar-refractivity contribution in [1.82, 2.24) is 0 Å². The lowest BCUT2D eigenvalue weighted by Gasteiger charge is -2.10. The van der Waals surface area contributed by atoms with Crippen LogP contribution in [-0.2, 0) is 6.18 Å². The molecule has 0 saturated carbocycles. The number of amides is 1. The van der Waals surface area contributed by atoms with Gasteiger partial charge in [-0.15, -0.1) is 0 Å². The molecule has 0 aliphatic heterocycles. The Bertz CT molecular complexity index is 1070. The lowest BCUT2D eigenvalue weighted by Crippen LogP contribution is -2.21. The molecule has 0 aliphatic carbocycles. The molecule has 0 atom stereocenters. The van der Waals surface area contributed by atoms with Crippen molar-refractivity contribution in [3.63, 3.8) is 0 Å². The number of halogens is 3. The molecule has 28 heavy (non-hydrogen) atoms. The Hall–Kier alpha value is -3.29. The Morgan fingerprint density at radius 1 is 1.18 bits per heavy atom. The number of benzene rings is 2. The first-order chi connectivity index (χ1) is 13.3. The Morgan fingerprint density at radius 3 is 2.68 bits per heavy atom. The summed E-state index contributed by atoms with van der Waals surface area (Å²) >= 11 is 0. The van der Waals surface area contributed by atoms with Crippen LogP contribution in [0.1, 0.15) is 29.3 Å². The zero-order chi connectivity index (χ0) is 20.3. The van der Waals surface area contributed by atoms with Gasteiger partial charge in [-0.05, 0) is 42.8 Å². The third kappa shape index (κ3) is 4.33. The molecule has 146 valence electrons. The largest absolute Gasteiger partial charge is 0.493 e. The third-order valence-corrected chi connectivity index (χ3v) is 3.91. The molecule has 3 rings (SSSR count). The first kappa shape index (κ1) is 19.5. The molecule has 5 nitrogen and oxygen atoms in total. The van der Waals surface area contributed by atoms with Gasteiger partial charge in [0.25, 0.3) is 5.91 Å². The van der Waals surface area contributed by atoms with E-state index in [1.54, 1.807) is 18.2 Å². The van der Waals surface area contributed by atoms with Crippen LogP contribution < -0.4 is 15.6 Å². The van der Waals surface area contributed by atoms with Crippen molar-refractivity contribution in [3.8, 4) is 5.75 Å². The van der Waals surface area contributed by atoms with Crippen molar-refractivity contribution in [1.29, 1.82) is 5.41 Å². The van der Waals surface area contributed by atoms with E-state index in [1.165, 1.54) is 18.2 Å². The van der Waals surface area contributed by atoms with Crippen LogP contribution in [0.15, 0.2) is 52.9 Å². The standard InChI is InChI=1S/C20H17F3N2O3/c1-2-8-27-15-7-6-12-9-16(18(24)28-17(12)11-15)19(26)25-14-5-3-4-13(10-14)20(21,22)23/h3-7,9-11,24H,2,8H2,1H3,(H,25,26). The minimum atomic E-state index is -4.52. The zero-order valence-electron chi connectivity index (χ0n) is 14.9. The summed E-state index contributed by atoms with van der Waals surface area (Å²) in [5, 5.41) is 10.9. The predicted octanol–water partition coefficient (Wildman–Crippen LogP) is 4.97. The van der Waals surface area contributed by atoms with E-state index in [1.807, 2.05) is 6.92 Å². The van der Waals surface area contributed by atoms with E-state index in [0.717, 1.165) is 18.6 Å². The number of hydrogen-bond acceptors (Lipinski definition) is 4. The van der Waals surface area contributed by atoms with E-state index < -0.39 is 23.2 Å². The molecule has 0 radical (unpaired) electrons. The molecule has 0 fully saturated rings. The highest BCUT2D eigenvalue weighted by Crippen LogP contribution is 2.30. The molecule has 0 unspecified atom stereocenters. The summed E-state index contributed by atoms with van der Waals surface area (Å²) in [5.74, 6) is -0.153. The highest BCUT2D eigenvalue weighted by atomic mass is 19.4. The van der Waals surface area contributed by atoms with Gasteiger partial charge in [0, 0.05) is 17.1 Å². The lowest BCUT2D eigenvalue weighted by atomic mass is 10.1. The van der Waals surface area contributed by atoms with Crippen molar-refractivity contribution in [2.24, 2.45) is 0 Å². The SMILES string of the molecule is CCCOc1ccc2cc(C(=O)Nc3cccc(C(F)(F)F)c3)c(=N)oc2c1. The molecule has 2 N–H and O–H groups in total. The molecular weight excluding hydrogens is 373 g/mol. The average molecular weight is 390 g/mol. The van der Waals surface area contributed by atoms with E-state index in [4.69, 9.17) is 14.6 Å². The van der Waals surface area contributed by atoms with E-state index in [0.29, 0.717) is 23.3 Å². The molecule has 2 aromatic carbocycles. The number of alkyl halides is 3. The van der Waals surface area contributed by atoms with Gasteiger partial charge in [-0.25, -0.2) is 0 Å². The topological polar surface area (TPSA) is 75.3 Å². The van der Waals surface area contributed by atoms with Crippen LogP contribution in [0.3, 0.4) is 0 Å². The van der Waals surface area contributed by atoms with Gasteiger partial charge in [-0.1, -0.05) is 13.0 Å². The Morgan fingerprint density at radius 2 is 1.96 bits per heavy atom. The summed E-state index contributed by atoms with van der Waals surface area (Å²) in [6.07, 6.45) is -3.68. The first-order valence-electron chi connectivity index (χ1n) is 8.52. The molecule has 1 amide bonds. The highest BCUT2D eigenvalue weighted by Gasteiger charge is 2.30. The maximum Gasteiger partial charge on any atom is 0.416 e. The molecule has 1 aromatic heterocycles. The lowest BCUT2D eigenvalue weighted by molar-refractivity contribution is -0.137. The molecule has 0 spiro atoms. The van der Waals surface area contributed by atoms with Crippen molar-refractivity contribution in [3.05, 3.63) is 65.2 Å². The number of hydrogen-bond donors (Lipinski definition) is 2. The van der Waals surface area contributed by atoms with Gasteiger partial charge >= 0.3 is 6.18 Å². The third-order valence-electron chi connectivity index (χ3n) is 3.91. The average Bonchev–Trinajstić information content (AvgIpc) is 2.65. The first-order valence-corrected chi connectivity index (χ1v) is 8.52. The smallest absolute Gasteiger partial charge is 0.416 e. The quantitative estimate of drug-likeness (QED) is 0.646. The van der Waals surface area contributed by atoms with Crippen molar-refractivity contribution in [2.45, 2.75) is 19.5 Å². The van der Waals surface area contributed by atoms with Crippen LogP contribution in [0, 0.1) is 5.41 Å². The van der Waals surface area contributed by atoms with Gasteiger partial charge in [-0.3, -0.25) is 10.2 Å². The van der Waals surface area contributed by atoms with Crippen LogP contribution in [0.2, 0.25) is 0 Å². The molecule has 8 heteroatoms. The Balaban J connectivity index is 1.88. The Kier molecular flexibility index (Phi) is 5.39. The van der Waals surface area contributed by atoms with Crippen molar-refractivity contribution in [2.75, 3.05) is 11.9 Å². The molecule has 0 bridgehead atoms. The normalized spacial score (nSPS) is 11.4. The second kappa shape index (κ2) is 7.75. The van der Waals surface area contributed by atoms with Crippen LogP contribution >= 0.6 is 0 Å². The van der Waals surface area contributed by atoms with Gasteiger partial charge in [0.05, 0.1) is 12.2 Å². The predicted molar refractivity (Wildman–Crippen MR) is 97.3 cm³/mol. The zero-order valence-corrected chi connectivity index (χ0v) is 14.9. The summed E-state index contributed by atoms with van der Waals surface area (Å²) < 4.78 is 49.3. The number of rotatable bonds is 5. The van der Waals surface area contributed by atoms with Gasteiger partial charge in [0.1, 0.15) is 16.9 Å². The number of carbonyl (C=O) groups is 1. The highest BCUT2D eigenvalue weighted by molar-refractivity contribution is 6.05. The van der Waals surface area contributed by atoms with Crippen molar-refractivity contribution < 1.29 is 27.1 Å². The summed E-state index contributed by atoms with van der Waals surface area (Å²) in [4.78, 5) is 12.5. The summed E-state index contributed by atoms with van der Waals surface area (Å²) in [6, 6.07) is 10.8. The molecule has 3 aromatic rings. The fourth-order valence-corrected chi connectivity index (χ4v) is 2.56. The van der Waals surface area contributed by atoms with Gasteiger partial charge in [0.2, 0.25) is 5.55 Å². The van der Waals surface area contributed by atoms with Crippen LogP contribution in [0.25, 0.3) is 11.0 Å². The van der Waals surface area contributed by atoms with Gasteiger partial charge in [-0.2, -0.15) is 13.2 Å². The van der Waals surface area contributed by atoms with Crippen LogP contribution in [0.5, 0.6) is 5.75 Å². The van der Waals surface area contributed by atoms with Crippen LogP contribution in [-0.4, -0.2) is 12.5 Å². The number of ether oxygens (including phenoxy) is 1. The van der Waals surface area contributed by atoms with Crippen LogP contribution in [0.4, 0.5) is 18.9 Å².